The van der Waals surface area contributed by atoms with Crippen LogP contribution in [-0.2, 0) is 0 Å². The minimum absolute atomic E-state index is 0.277. The normalized spacial score (nSPS) is 10.5. The molecule has 0 saturated carbocycles. The first-order chi connectivity index (χ1) is 15.1. The second-order valence-corrected chi connectivity index (χ2v) is 6.20. The SMILES string of the molecule is CCOc1cc(/C=N\NC(=O)c2cccnc2)ccc1OC(=O)c1ccc(OC)cc1. The van der Waals surface area contributed by atoms with Gasteiger partial charge in [-0.15, -0.1) is 0 Å². The van der Waals surface area contributed by atoms with E-state index in [0.29, 0.717) is 34.8 Å². The monoisotopic (exact) mass is 419 g/mol. The van der Waals surface area contributed by atoms with Crippen molar-refractivity contribution in [3.8, 4) is 17.2 Å². The quantitative estimate of drug-likeness (QED) is 0.260. The molecule has 0 spiro atoms. The van der Waals surface area contributed by atoms with Crippen molar-refractivity contribution < 1.29 is 23.8 Å². The lowest BCUT2D eigenvalue weighted by Gasteiger charge is -2.11. The summed E-state index contributed by atoms with van der Waals surface area (Å²) in [6, 6.07) is 14.9. The molecule has 0 saturated heterocycles. The van der Waals surface area contributed by atoms with E-state index in [2.05, 4.69) is 15.5 Å². The van der Waals surface area contributed by atoms with Crippen LogP contribution in [0.4, 0.5) is 0 Å². The number of nitrogens with zero attached hydrogens (tertiary/aromatic N) is 2. The van der Waals surface area contributed by atoms with E-state index in [-0.39, 0.29) is 11.7 Å². The predicted octanol–water partition coefficient (Wildman–Crippen LogP) is 3.47. The van der Waals surface area contributed by atoms with Crippen LogP contribution >= 0.6 is 0 Å². The molecule has 0 aliphatic heterocycles. The number of aromatic nitrogens is 1. The summed E-state index contributed by atoms with van der Waals surface area (Å²) in [5.41, 5.74) is 3.86. The van der Waals surface area contributed by atoms with Gasteiger partial charge in [-0.2, -0.15) is 5.10 Å². The third-order valence-electron chi connectivity index (χ3n) is 4.10. The highest BCUT2D eigenvalue weighted by Crippen LogP contribution is 2.29. The maximum absolute atomic E-state index is 12.4. The van der Waals surface area contributed by atoms with Crippen LogP contribution in [0.1, 0.15) is 33.2 Å². The van der Waals surface area contributed by atoms with Crippen molar-refractivity contribution in [3.63, 3.8) is 0 Å². The Morgan fingerprint density at radius 1 is 1.06 bits per heavy atom. The van der Waals surface area contributed by atoms with Crippen molar-refractivity contribution in [2.24, 2.45) is 5.10 Å². The van der Waals surface area contributed by atoms with Crippen LogP contribution in [-0.4, -0.2) is 36.8 Å². The Morgan fingerprint density at radius 2 is 1.87 bits per heavy atom. The van der Waals surface area contributed by atoms with Gasteiger partial charge >= 0.3 is 5.97 Å². The van der Waals surface area contributed by atoms with Crippen molar-refractivity contribution >= 4 is 18.1 Å². The third kappa shape index (κ3) is 5.89. The molecule has 2 aromatic carbocycles. The van der Waals surface area contributed by atoms with Crippen LogP contribution in [0, 0.1) is 0 Å². The van der Waals surface area contributed by atoms with Crippen LogP contribution in [0.2, 0.25) is 0 Å². The van der Waals surface area contributed by atoms with Crippen molar-refractivity contribution in [2.45, 2.75) is 6.92 Å². The molecule has 8 nitrogen and oxygen atoms in total. The topological polar surface area (TPSA) is 99.1 Å². The molecule has 3 rings (SSSR count). The van der Waals surface area contributed by atoms with E-state index in [9.17, 15) is 9.59 Å². The summed E-state index contributed by atoms with van der Waals surface area (Å²) >= 11 is 0. The van der Waals surface area contributed by atoms with Crippen LogP contribution in [0.15, 0.2) is 72.1 Å². The maximum atomic E-state index is 12.4. The standard InChI is InChI=1S/C23H21N3O5/c1-3-30-21-13-16(14-25-26-22(27)18-5-4-12-24-15-18)6-11-20(21)31-23(28)17-7-9-19(29-2)10-8-17/h4-15H,3H2,1-2H3,(H,26,27)/b25-14-. The zero-order chi connectivity index (χ0) is 22.1. The summed E-state index contributed by atoms with van der Waals surface area (Å²) in [7, 11) is 1.55. The van der Waals surface area contributed by atoms with E-state index in [1.807, 2.05) is 6.92 Å². The molecule has 8 heteroatoms. The van der Waals surface area contributed by atoms with Crippen LogP contribution in [0.3, 0.4) is 0 Å². The lowest BCUT2D eigenvalue weighted by molar-refractivity contribution is 0.0728. The number of esters is 1. The zero-order valence-electron chi connectivity index (χ0n) is 17.1. The van der Waals surface area contributed by atoms with Crippen molar-refractivity contribution in [3.05, 3.63) is 83.7 Å². The van der Waals surface area contributed by atoms with Gasteiger partial charge in [0.05, 0.1) is 31.1 Å². The number of benzene rings is 2. The molecule has 0 atom stereocenters. The van der Waals surface area contributed by atoms with Gasteiger partial charge in [0.15, 0.2) is 11.5 Å². The van der Waals surface area contributed by atoms with Crippen LogP contribution in [0.25, 0.3) is 0 Å². The number of pyridine rings is 1. The second kappa shape index (κ2) is 10.5. The molecule has 1 heterocycles. The third-order valence-corrected chi connectivity index (χ3v) is 4.10. The Bertz CT molecular complexity index is 1070. The zero-order valence-corrected chi connectivity index (χ0v) is 17.1. The fourth-order valence-electron chi connectivity index (χ4n) is 2.57. The number of carbonyl (C=O) groups excluding carboxylic acids is 2. The van der Waals surface area contributed by atoms with Gasteiger partial charge < -0.3 is 14.2 Å². The fourth-order valence-corrected chi connectivity index (χ4v) is 2.57. The summed E-state index contributed by atoms with van der Waals surface area (Å²) in [4.78, 5) is 28.3. The number of ether oxygens (including phenoxy) is 3. The van der Waals surface area contributed by atoms with E-state index >= 15 is 0 Å². The molecule has 0 bridgehead atoms. The van der Waals surface area contributed by atoms with Crippen molar-refractivity contribution in [1.82, 2.24) is 10.4 Å². The smallest absolute Gasteiger partial charge is 0.343 e. The molecule has 3 aromatic rings. The van der Waals surface area contributed by atoms with E-state index < -0.39 is 5.97 Å². The minimum atomic E-state index is -0.520. The number of hydrazone groups is 1. The Balaban J connectivity index is 1.69. The summed E-state index contributed by atoms with van der Waals surface area (Å²) in [5.74, 6) is 0.408. The molecule has 31 heavy (non-hydrogen) atoms. The van der Waals surface area contributed by atoms with Gasteiger partial charge in [-0.05, 0) is 67.1 Å². The van der Waals surface area contributed by atoms with E-state index in [4.69, 9.17) is 14.2 Å². The van der Waals surface area contributed by atoms with E-state index in [0.717, 1.165) is 0 Å². The predicted molar refractivity (Wildman–Crippen MR) is 115 cm³/mol. The van der Waals surface area contributed by atoms with E-state index in [1.54, 1.807) is 67.9 Å². The van der Waals surface area contributed by atoms with Crippen LogP contribution in [0.5, 0.6) is 17.2 Å². The lowest BCUT2D eigenvalue weighted by Crippen LogP contribution is -2.17. The Morgan fingerprint density at radius 3 is 2.55 bits per heavy atom. The Hall–Kier alpha value is -4.20. The Labute approximate surface area is 179 Å². The first kappa shape index (κ1) is 21.5. The molecule has 0 aliphatic carbocycles. The first-order valence-electron chi connectivity index (χ1n) is 9.47. The molecule has 0 radical (unpaired) electrons. The van der Waals surface area contributed by atoms with Crippen molar-refractivity contribution in [1.29, 1.82) is 0 Å². The minimum Gasteiger partial charge on any atom is -0.497 e. The van der Waals surface area contributed by atoms with Crippen LogP contribution < -0.4 is 19.6 Å². The van der Waals surface area contributed by atoms with Gasteiger partial charge in [-0.25, -0.2) is 10.2 Å². The van der Waals surface area contributed by atoms with E-state index in [1.165, 1.54) is 12.4 Å². The second-order valence-electron chi connectivity index (χ2n) is 6.20. The number of carbonyl (C=O) groups is 2. The average Bonchev–Trinajstić information content (AvgIpc) is 2.81. The summed E-state index contributed by atoms with van der Waals surface area (Å²) < 4.78 is 16.2. The Kier molecular flexibility index (Phi) is 7.31. The largest absolute Gasteiger partial charge is 0.497 e. The highest BCUT2D eigenvalue weighted by atomic mass is 16.6. The summed E-state index contributed by atoms with van der Waals surface area (Å²) in [6.07, 6.45) is 4.49. The van der Waals surface area contributed by atoms with Gasteiger partial charge in [0.1, 0.15) is 5.75 Å². The van der Waals surface area contributed by atoms with Gasteiger partial charge in [0.25, 0.3) is 5.91 Å². The molecule has 1 amide bonds. The molecule has 1 aromatic heterocycles. The van der Waals surface area contributed by atoms with Gasteiger partial charge in [0.2, 0.25) is 0 Å². The molecule has 0 unspecified atom stereocenters. The number of hydrogen-bond acceptors (Lipinski definition) is 7. The van der Waals surface area contributed by atoms with Gasteiger partial charge in [-0.1, -0.05) is 0 Å². The fraction of sp³-hybridized carbons (Fsp3) is 0.130. The molecule has 0 aliphatic rings. The summed E-state index contributed by atoms with van der Waals surface area (Å²) in [6.45, 7) is 2.20. The molecule has 1 N–H and O–H groups in total. The number of hydrogen-bond donors (Lipinski definition) is 1. The molecular weight excluding hydrogens is 398 g/mol. The number of nitrogens with one attached hydrogen (secondary N) is 1. The number of methoxy groups -OCH3 is 1. The first-order valence-corrected chi connectivity index (χ1v) is 9.47. The highest BCUT2D eigenvalue weighted by Gasteiger charge is 2.13. The highest BCUT2D eigenvalue weighted by molar-refractivity contribution is 5.94. The average molecular weight is 419 g/mol. The molecule has 0 fully saturated rings. The van der Waals surface area contributed by atoms with Gasteiger partial charge in [0, 0.05) is 12.4 Å². The maximum Gasteiger partial charge on any atom is 0.343 e. The lowest BCUT2D eigenvalue weighted by atomic mass is 10.2. The number of rotatable bonds is 8. The molecular formula is C23H21N3O5. The number of amides is 1. The molecule has 158 valence electrons. The van der Waals surface area contributed by atoms with Gasteiger partial charge in [-0.3, -0.25) is 9.78 Å². The van der Waals surface area contributed by atoms with Crippen molar-refractivity contribution in [2.75, 3.05) is 13.7 Å². The summed E-state index contributed by atoms with van der Waals surface area (Å²) in [5, 5.41) is 3.95.